The molecule has 0 saturated carbocycles. The lowest BCUT2D eigenvalue weighted by molar-refractivity contribution is -0.127. The molecule has 2 aromatic rings. The molecule has 1 aromatic heterocycles. The molecule has 0 spiro atoms. The van der Waals surface area contributed by atoms with Gasteiger partial charge in [-0.2, -0.15) is 13.2 Å². The van der Waals surface area contributed by atoms with Crippen molar-refractivity contribution in [3.63, 3.8) is 0 Å². The second-order valence-corrected chi connectivity index (χ2v) is 3.33. The molecule has 4 heteroatoms. The lowest BCUT2D eigenvalue weighted by atomic mass is 10.1. The molecule has 0 N–H and O–H groups in total. The average molecular weight is 211 g/mol. The first-order valence-electron chi connectivity index (χ1n) is 4.45. The van der Waals surface area contributed by atoms with Crippen LogP contribution in [0.5, 0.6) is 0 Å². The van der Waals surface area contributed by atoms with E-state index in [4.69, 9.17) is 0 Å². The van der Waals surface area contributed by atoms with E-state index in [2.05, 4.69) is 4.98 Å². The highest BCUT2D eigenvalue weighted by molar-refractivity contribution is 5.78. The van der Waals surface area contributed by atoms with Crippen LogP contribution in [0.3, 0.4) is 0 Å². The molecule has 1 nitrogen and oxygen atoms in total. The number of benzene rings is 1. The Hall–Kier alpha value is -1.58. The summed E-state index contributed by atoms with van der Waals surface area (Å²) in [7, 11) is 0. The number of hydrogen-bond donors (Lipinski definition) is 0. The van der Waals surface area contributed by atoms with E-state index < -0.39 is 12.6 Å². The van der Waals surface area contributed by atoms with E-state index in [-0.39, 0.29) is 5.56 Å². The molecule has 1 heterocycles. The molecule has 1 aromatic carbocycles. The number of halogens is 3. The highest BCUT2D eigenvalue weighted by Gasteiger charge is 2.27. The molecule has 0 radical (unpaired) electrons. The molecule has 0 saturated heterocycles. The van der Waals surface area contributed by atoms with Gasteiger partial charge in [0.1, 0.15) is 0 Å². The highest BCUT2D eigenvalue weighted by atomic mass is 19.4. The Morgan fingerprint density at radius 2 is 1.87 bits per heavy atom. The largest absolute Gasteiger partial charge is 0.393 e. The molecule has 0 bridgehead atoms. The zero-order chi connectivity index (χ0) is 10.9. The summed E-state index contributed by atoms with van der Waals surface area (Å²) >= 11 is 0. The predicted octanol–water partition coefficient (Wildman–Crippen LogP) is 3.34. The van der Waals surface area contributed by atoms with E-state index in [1.165, 1.54) is 12.3 Å². The number of nitrogens with zero attached hydrogens (tertiary/aromatic N) is 1. The van der Waals surface area contributed by atoms with Crippen molar-refractivity contribution in [2.75, 3.05) is 0 Å². The SMILES string of the molecule is FC(F)(F)Cc1cnc2ccccc2c1. The Kier molecular flexibility index (Phi) is 2.34. The first-order chi connectivity index (χ1) is 7.04. The molecule has 0 aliphatic carbocycles. The summed E-state index contributed by atoms with van der Waals surface area (Å²) in [6.45, 7) is 0. The van der Waals surface area contributed by atoms with Gasteiger partial charge in [0.15, 0.2) is 0 Å². The molecule has 78 valence electrons. The van der Waals surface area contributed by atoms with Crippen LogP contribution < -0.4 is 0 Å². The zero-order valence-electron chi connectivity index (χ0n) is 7.75. The Balaban J connectivity index is 2.39. The smallest absolute Gasteiger partial charge is 0.256 e. The van der Waals surface area contributed by atoms with Crippen LogP contribution in [0.4, 0.5) is 13.2 Å². The van der Waals surface area contributed by atoms with E-state index in [9.17, 15) is 13.2 Å². The summed E-state index contributed by atoms with van der Waals surface area (Å²) in [5.74, 6) is 0. The Labute approximate surface area is 84.6 Å². The fourth-order valence-corrected chi connectivity index (χ4v) is 1.44. The summed E-state index contributed by atoms with van der Waals surface area (Å²) in [6.07, 6.45) is -3.83. The number of para-hydroxylation sites is 1. The number of hydrogen-bond acceptors (Lipinski definition) is 1. The van der Waals surface area contributed by atoms with Gasteiger partial charge in [0, 0.05) is 11.6 Å². The highest BCUT2D eigenvalue weighted by Crippen LogP contribution is 2.22. The normalized spacial score (nSPS) is 11.9. The lowest BCUT2D eigenvalue weighted by Crippen LogP contribution is -2.11. The summed E-state index contributed by atoms with van der Waals surface area (Å²) in [5.41, 5.74) is 0.907. The Bertz CT molecular complexity index is 476. The van der Waals surface area contributed by atoms with Crippen LogP contribution in [0, 0.1) is 0 Å². The lowest BCUT2D eigenvalue weighted by Gasteiger charge is -2.06. The van der Waals surface area contributed by atoms with Crippen molar-refractivity contribution in [2.24, 2.45) is 0 Å². The van der Waals surface area contributed by atoms with Gasteiger partial charge in [-0.1, -0.05) is 18.2 Å². The maximum absolute atomic E-state index is 12.1. The van der Waals surface area contributed by atoms with Gasteiger partial charge >= 0.3 is 6.18 Å². The maximum atomic E-state index is 12.1. The molecule has 0 fully saturated rings. The van der Waals surface area contributed by atoms with Gasteiger partial charge in [-0.3, -0.25) is 4.98 Å². The van der Waals surface area contributed by atoms with E-state index in [0.717, 1.165) is 5.39 Å². The fraction of sp³-hybridized carbons (Fsp3) is 0.182. The third-order valence-electron chi connectivity index (χ3n) is 2.05. The number of alkyl halides is 3. The van der Waals surface area contributed by atoms with Crippen molar-refractivity contribution in [1.82, 2.24) is 4.98 Å². The summed E-state index contributed by atoms with van der Waals surface area (Å²) in [5, 5.41) is 0.735. The minimum Gasteiger partial charge on any atom is -0.256 e. The number of fused-ring (bicyclic) bond motifs is 1. The van der Waals surface area contributed by atoms with Gasteiger partial charge in [0.2, 0.25) is 0 Å². The van der Waals surface area contributed by atoms with Gasteiger partial charge in [-0.25, -0.2) is 0 Å². The minimum absolute atomic E-state index is 0.196. The van der Waals surface area contributed by atoms with Crippen molar-refractivity contribution >= 4 is 10.9 Å². The first kappa shape index (κ1) is 9.96. The van der Waals surface area contributed by atoms with Crippen molar-refractivity contribution in [1.29, 1.82) is 0 Å². The van der Waals surface area contributed by atoms with Gasteiger partial charge < -0.3 is 0 Å². The summed E-state index contributed by atoms with van der Waals surface area (Å²) < 4.78 is 36.3. The van der Waals surface area contributed by atoms with Crippen LogP contribution in [0.25, 0.3) is 10.9 Å². The van der Waals surface area contributed by atoms with Crippen LogP contribution in [0.1, 0.15) is 5.56 Å². The molecule has 0 aliphatic heterocycles. The molecule has 0 unspecified atom stereocenters. The Morgan fingerprint density at radius 3 is 2.60 bits per heavy atom. The number of pyridine rings is 1. The third kappa shape index (κ3) is 2.46. The summed E-state index contributed by atoms with van der Waals surface area (Å²) in [4.78, 5) is 3.97. The standard InChI is InChI=1S/C11H8F3N/c12-11(13,14)6-8-5-9-3-1-2-4-10(9)15-7-8/h1-5,7H,6H2. The van der Waals surface area contributed by atoms with Crippen LogP contribution in [-0.2, 0) is 6.42 Å². The van der Waals surface area contributed by atoms with Crippen LogP contribution >= 0.6 is 0 Å². The monoisotopic (exact) mass is 211 g/mol. The maximum Gasteiger partial charge on any atom is 0.393 e. The molecule has 15 heavy (non-hydrogen) atoms. The quantitative estimate of drug-likeness (QED) is 0.704. The van der Waals surface area contributed by atoms with Crippen LogP contribution in [0.2, 0.25) is 0 Å². The van der Waals surface area contributed by atoms with Gasteiger partial charge in [0.25, 0.3) is 0 Å². The van der Waals surface area contributed by atoms with Gasteiger partial charge in [0.05, 0.1) is 11.9 Å². The second kappa shape index (κ2) is 3.53. The van der Waals surface area contributed by atoms with E-state index in [0.29, 0.717) is 5.52 Å². The molecule has 0 aliphatic rings. The molecular weight excluding hydrogens is 203 g/mol. The summed E-state index contributed by atoms with van der Waals surface area (Å²) in [6, 6.07) is 8.63. The van der Waals surface area contributed by atoms with E-state index in [1.807, 2.05) is 0 Å². The molecule has 0 amide bonds. The molecule has 0 atom stereocenters. The molecular formula is C11H8F3N. The molecule has 2 rings (SSSR count). The van der Waals surface area contributed by atoms with Crippen LogP contribution in [-0.4, -0.2) is 11.2 Å². The second-order valence-electron chi connectivity index (χ2n) is 3.33. The topological polar surface area (TPSA) is 12.9 Å². The van der Waals surface area contributed by atoms with E-state index in [1.54, 1.807) is 24.3 Å². The minimum atomic E-state index is -4.18. The van der Waals surface area contributed by atoms with Crippen molar-refractivity contribution in [2.45, 2.75) is 12.6 Å². The van der Waals surface area contributed by atoms with Crippen molar-refractivity contribution in [3.05, 3.63) is 42.1 Å². The average Bonchev–Trinajstić information content (AvgIpc) is 2.15. The van der Waals surface area contributed by atoms with E-state index >= 15 is 0 Å². The fourth-order valence-electron chi connectivity index (χ4n) is 1.44. The van der Waals surface area contributed by atoms with Crippen molar-refractivity contribution < 1.29 is 13.2 Å². The van der Waals surface area contributed by atoms with Gasteiger partial charge in [-0.05, 0) is 17.7 Å². The zero-order valence-corrected chi connectivity index (χ0v) is 7.75. The first-order valence-corrected chi connectivity index (χ1v) is 4.45. The number of aromatic nitrogens is 1. The Morgan fingerprint density at radius 1 is 1.13 bits per heavy atom. The van der Waals surface area contributed by atoms with Gasteiger partial charge in [-0.15, -0.1) is 0 Å². The van der Waals surface area contributed by atoms with Crippen molar-refractivity contribution in [3.8, 4) is 0 Å². The third-order valence-corrected chi connectivity index (χ3v) is 2.05. The number of rotatable bonds is 1. The van der Waals surface area contributed by atoms with Crippen LogP contribution in [0.15, 0.2) is 36.5 Å². The predicted molar refractivity (Wildman–Crippen MR) is 51.5 cm³/mol.